The smallest absolute Gasteiger partial charge is 0.409 e. The fourth-order valence-electron chi connectivity index (χ4n) is 3.35. The summed E-state index contributed by atoms with van der Waals surface area (Å²) in [5.74, 6) is -4.57. The van der Waals surface area contributed by atoms with Gasteiger partial charge in [0, 0.05) is 31.8 Å². The van der Waals surface area contributed by atoms with Gasteiger partial charge in [0.1, 0.15) is 18.4 Å². The van der Waals surface area contributed by atoms with E-state index in [1.165, 1.54) is 36.9 Å². The number of halogens is 3. The van der Waals surface area contributed by atoms with Crippen LogP contribution >= 0.6 is 11.6 Å². The second-order valence-electron chi connectivity index (χ2n) is 7.43. The molecule has 0 bridgehead atoms. The first-order chi connectivity index (χ1) is 17.1. The predicted molar refractivity (Wildman–Crippen MR) is 129 cm³/mol. The Hall–Kier alpha value is -2.27. The normalized spacial score (nSPS) is 16.0. The van der Waals surface area contributed by atoms with Gasteiger partial charge in [-0.05, 0) is 36.4 Å². The number of nitrogens with one attached hydrogen (secondary N) is 1. The average molecular weight is 576 g/mol. The zero-order valence-corrected chi connectivity index (χ0v) is 20.4. The van der Waals surface area contributed by atoms with Gasteiger partial charge in [-0.2, -0.15) is 4.31 Å². The first-order valence-corrected chi connectivity index (χ1v) is 12.2. The number of carbonyl (C=O) groups excluding carboxylic acids is 2. The zero-order chi connectivity index (χ0) is 26.5. The minimum absolute atomic E-state index is 0. The van der Waals surface area contributed by atoms with Gasteiger partial charge in [0.2, 0.25) is 10.0 Å². The standard InChI is InChI=1S/C21H22ClF2N3O8S.Mg.2H/c1-33-8-9-34-21(29)26-6-7-27(18(12-26)20(28)25-30)36(31,32)15-10-16(23)19(17(24)11-15)35-14-4-2-13(22)3-5-14;;;/h2-5,10-11,18,30H,6-9,12H2,1H3,(H,25,28);;;/t18-;;;/m1.../s1. The number of piperazine rings is 1. The molecule has 16 heteroatoms. The number of hydrogen-bond donors (Lipinski definition) is 2. The Morgan fingerprint density at radius 2 is 1.76 bits per heavy atom. The van der Waals surface area contributed by atoms with Crippen molar-refractivity contribution in [3.63, 3.8) is 0 Å². The molecule has 1 saturated heterocycles. The van der Waals surface area contributed by atoms with Crippen molar-refractivity contribution in [1.29, 1.82) is 0 Å². The number of methoxy groups -OCH3 is 1. The van der Waals surface area contributed by atoms with Crippen molar-refractivity contribution < 1.29 is 46.2 Å². The summed E-state index contributed by atoms with van der Waals surface area (Å²) in [7, 11) is -3.26. The number of ether oxygens (including phenoxy) is 3. The molecular formula is C21H24ClF2MgN3O8S. The Morgan fingerprint density at radius 1 is 1.14 bits per heavy atom. The molecule has 0 aliphatic carbocycles. The van der Waals surface area contributed by atoms with Gasteiger partial charge >= 0.3 is 29.1 Å². The SMILES string of the molecule is COCCOC(=O)N1CCN(S(=O)(=O)c2cc(F)c(Oc3ccc(Cl)cc3)c(F)c2)[C@@H](C(=O)NO)C1.[MgH2]. The Labute approximate surface area is 232 Å². The molecule has 1 fully saturated rings. The van der Waals surface area contributed by atoms with E-state index in [1.807, 2.05) is 0 Å². The van der Waals surface area contributed by atoms with Crippen molar-refractivity contribution in [3.05, 3.63) is 53.1 Å². The highest BCUT2D eigenvalue weighted by molar-refractivity contribution is 7.89. The molecule has 2 N–H and O–H groups in total. The van der Waals surface area contributed by atoms with Crippen molar-refractivity contribution in [2.45, 2.75) is 10.9 Å². The van der Waals surface area contributed by atoms with Crippen LogP contribution in [0, 0.1) is 11.6 Å². The van der Waals surface area contributed by atoms with E-state index in [4.69, 9.17) is 31.0 Å². The molecule has 0 saturated carbocycles. The van der Waals surface area contributed by atoms with Crippen molar-refractivity contribution >= 4 is 56.7 Å². The van der Waals surface area contributed by atoms with Gasteiger partial charge in [-0.15, -0.1) is 0 Å². The van der Waals surface area contributed by atoms with Crippen LogP contribution in [0.3, 0.4) is 0 Å². The first kappa shape index (κ1) is 30.9. The van der Waals surface area contributed by atoms with Crippen molar-refractivity contribution in [3.8, 4) is 11.5 Å². The van der Waals surface area contributed by atoms with E-state index in [0.717, 1.165) is 4.90 Å². The quantitative estimate of drug-likeness (QED) is 0.209. The molecule has 1 atom stereocenters. The summed E-state index contributed by atoms with van der Waals surface area (Å²) < 4.78 is 71.5. The third-order valence-corrected chi connectivity index (χ3v) is 7.27. The van der Waals surface area contributed by atoms with Crippen LogP contribution in [0.5, 0.6) is 11.5 Å². The van der Waals surface area contributed by atoms with Crippen molar-refractivity contribution in [1.82, 2.24) is 14.7 Å². The highest BCUT2D eigenvalue weighted by atomic mass is 35.5. The molecule has 0 unspecified atom stereocenters. The van der Waals surface area contributed by atoms with Gasteiger partial charge < -0.3 is 19.1 Å². The maximum Gasteiger partial charge on any atom is 0.409 e. The lowest BCUT2D eigenvalue weighted by molar-refractivity contribution is -0.134. The van der Waals surface area contributed by atoms with Crippen LogP contribution in [0.2, 0.25) is 5.02 Å². The van der Waals surface area contributed by atoms with E-state index >= 15 is 0 Å². The van der Waals surface area contributed by atoms with Gasteiger partial charge in [-0.1, -0.05) is 11.6 Å². The van der Waals surface area contributed by atoms with E-state index < -0.39 is 63.4 Å². The van der Waals surface area contributed by atoms with Gasteiger partial charge in [0.15, 0.2) is 17.4 Å². The van der Waals surface area contributed by atoms with E-state index in [-0.39, 0.29) is 48.6 Å². The van der Waals surface area contributed by atoms with E-state index in [1.54, 1.807) is 0 Å². The molecule has 0 aromatic heterocycles. The third-order valence-electron chi connectivity index (χ3n) is 5.13. The number of sulfonamides is 1. The molecule has 11 nitrogen and oxygen atoms in total. The summed E-state index contributed by atoms with van der Waals surface area (Å²) in [5, 5.41) is 9.47. The van der Waals surface area contributed by atoms with Crippen LogP contribution in [0.25, 0.3) is 0 Å². The van der Waals surface area contributed by atoms with Gasteiger partial charge in [-0.25, -0.2) is 27.5 Å². The Balaban J connectivity index is 0.00000481. The molecule has 37 heavy (non-hydrogen) atoms. The molecule has 0 spiro atoms. The van der Waals surface area contributed by atoms with Crippen LogP contribution in [0.15, 0.2) is 41.3 Å². The Morgan fingerprint density at radius 3 is 2.32 bits per heavy atom. The Kier molecular flexibility index (Phi) is 11.3. The molecule has 200 valence electrons. The monoisotopic (exact) mass is 575 g/mol. The predicted octanol–water partition coefficient (Wildman–Crippen LogP) is 1.46. The lowest BCUT2D eigenvalue weighted by Gasteiger charge is -2.38. The largest absolute Gasteiger partial charge is 0.451 e. The van der Waals surface area contributed by atoms with Gasteiger partial charge in [0.05, 0.1) is 11.5 Å². The number of rotatable bonds is 8. The fraction of sp³-hybridized carbons (Fsp3) is 0.333. The lowest BCUT2D eigenvalue weighted by Crippen LogP contribution is -2.61. The summed E-state index contributed by atoms with van der Waals surface area (Å²) in [5.41, 5.74) is 1.34. The fourth-order valence-corrected chi connectivity index (χ4v) is 5.07. The van der Waals surface area contributed by atoms with Gasteiger partial charge in [-0.3, -0.25) is 10.0 Å². The molecule has 2 aromatic carbocycles. The summed E-state index contributed by atoms with van der Waals surface area (Å²) >= 11 is 5.77. The average Bonchev–Trinajstić information content (AvgIpc) is 2.86. The van der Waals surface area contributed by atoms with E-state index in [9.17, 15) is 26.8 Å². The van der Waals surface area contributed by atoms with E-state index in [2.05, 4.69) is 0 Å². The molecule has 1 aliphatic rings. The molecule has 1 aliphatic heterocycles. The molecule has 0 radical (unpaired) electrons. The summed E-state index contributed by atoms with van der Waals surface area (Å²) in [6.45, 7) is -1.06. The third kappa shape index (κ3) is 7.40. The minimum Gasteiger partial charge on any atom is -0.451 e. The van der Waals surface area contributed by atoms with Gasteiger partial charge in [0.25, 0.3) is 5.91 Å². The number of nitrogens with zero attached hydrogens (tertiary/aromatic N) is 2. The second-order valence-corrected chi connectivity index (χ2v) is 9.76. The maximum absolute atomic E-state index is 14.7. The van der Waals surface area contributed by atoms with Crippen LogP contribution in [-0.4, -0.2) is 104 Å². The molecule has 3 rings (SSSR count). The number of hydroxylamine groups is 1. The number of benzene rings is 2. The lowest BCUT2D eigenvalue weighted by atomic mass is 10.2. The summed E-state index contributed by atoms with van der Waals surface area (Å²) in [4.78, 5) is 24.7. The highest BCUT2D eigenvalue weighted by Gasteiger charge is 2.42. The van der Waals surface area contributed by atoms with Crippen LogP contribution in [0.1, 0.15) is 0 Å². The summed E-state index contributed by atoms with van der Waals surface area (Å²) in [6, 6.07) is 5.08. The molecule has 2 amide bonds. The van der Waals surface area contributed by atoms with Crippen LogP contribution in [-0.2, 0) is 24.3 Å². The molecule has 1 heterocycles. The minimum atomic E-state index is -4.67. The van der Waals surface area contributed by atoms with Crippen LogP contribution in [0.4, 0.5) is 13.6 Å². The Bertz CT molecular complexity index is 1200. The molecular weight excluding hydrogens is 552 g/mol. The second kappa shape index (κ2) is 13.5. The highest BCUT2D eigenvalue weighted by Crippen LogP contribution is 2.32. The topological polar surface area (TPSA) is 135 Å². The van der Waals surface area contributed by atoms with Crippen molar-refractivity contribution in [2.75, 3.05) is 40.0 Å². The van der Waals surface area contributed by atoms with E-state index in [0.29, 0.717) is 21.5 Å². The van der Waals surface area contributed by atoms with Crippen LogP contribution < -0.4 is 10.2 Å². The number of carbonyl (C=O) groups is 2. The zero-order valence-electron chi connectivity index (χ0n) is 18.8. The molecule has 2 aromatic rings. The number of amides is 2. The summed E-state index contributed by atoms with van der Waals surface area (Å²) in [6.07, 6.45) is -0.833. The first-order valence-electron chi connectivity index (χ1n) is 10.4. The van der Waals surface area contributed by atoms with Crippen molar-refractivity contribution in [2.24, 2.45) is 0 Å². The maximum atomic E-state index is 14.7. The number of hydrogen-bond acceptors (Lipinski definition) is 8.